The van der Waals surface area contributed by atoms with Crippen LogP contribution in [0.15, 0.2) is 0 Å². The maximum atomic E-state index is 10.1. The van der Waals surface area contributed by atoms with E-state index in [4.69, 9.17) is 15.3 Å². The monoisotopic (exact) mass is 164 g/mol. The number of hydrogen-bond acceptors (Lipinski definition) is 4. The normalized spacial score (nSPS) is 15.9. The van der Waals surface area contributed by atoms with Crippen molar-refractivity contribution in [1.29, 1.82) is 0 Å². The molecule has 5 nitrogen and oxygen atoms in total. The number of ether oxygens (including phenoxy) is 1. The maximum Gasteiger partial charge on any atom is 0.332 e. The third-order valence-electron chi connectivity index (χ3n) is 1.10. The molecule has 66 valence electrons. The summed E-state index contributed by atoms with van der Waals surface area (Å²) < 4.78 is 4.65. The average Bonchev–Trinajstić information content (AvgIpc) is 1.99. The van der Waals surface area contributed by atoms with Gasteiger partial charge in [0.15, 0.2) is 6.10 Å². The van der Waals surface area contributed by atoms with Crippen molar-refractivity contribution in [3.63, 3.8) is 0 Å². The standard InChI is InChI=1S/C6H12O5/c1-4(6(9)10)11-3-5(8)2-7/h4-5,7-8H,2-3H2,1H3,(H,9,10)/t4-,5?/m1/s1. The minimum Gasteiger partial charge on any atom is -0.479 e. The quantitative estimate of drug-likeness (QED) is 0.476. The third kappa shape index (κ3) is 4.72. The van der Waals surface area contributed by atoms with Crippen LogP contribution in [-0.2, 0) is 9.53 Å². The number of hydrogen-bond donors (Lipinski definition) is 3. The van der Waals surface area contributed by atoms with Crippen molar-refractivity contribution in [2.24, 2.45) is 0 Å². The first kappa shape index (κ1) is 10.3. The highest BCUT2D eigenvalue weighted by molar-refractivity contribution is 5.71. The van der Waals surface area contributed by atoms with Crippen molar-refractivity contribution in [3.05, 3.63) is 0 Å². The molecule has 3 N–H and O–H groups in total. The maximum absolute atomic E-state index is 10.1. The summed E-state index contributed by atoms with van der Waals surface area (Å²) >= 11 is 0. The van der Waals surface area contributed by atoms with E-state index >= 15 is 0 Å². The molecule has 0 radical (unpaired) electrons. The van der Waals surface area contributed by atoms with Gasteiger partial charge in [-0.15, -0.1) is 0 Å². The Bertz CT molecular complexity index is 124. The lowest BCUT2D eigenvalue weighted by atomic mass is 10.4. The summed E-state index contributed by atoms with van der Waals surface area (Å²) in [6.07, 6.45) is -1.95. The second kappa shape index (κ2) is 5.06. The number of rotatable bonds is 5. The van der Waals surface area contributed by atoms with Gasteiger partial charge in [0.2, 0.25) is 0 Å². The Morgan fingerprint density at radius 3 is 2.55 bits per heavy atom. The van der Waals surface area contributed by atoms with Crippen LogP contribution in [0.3, 0.4) is 0 Å². The molecule has 5 heteroatoms. The molecule has 0 aromatic carbocycles. The second-order valence-corrected chi connectivity index (χ2v) is 2.15. The molecule has 0 aliphatic heterocycles. The molecule has 0 amide bonds. The minimum atomic E-state index is -1.09. The van der Waals surface area contributed by atoms with Crippen molar-refractivity contribution < 1.29 is 24.9 Å². The van der Waals surface area contributed by atoms with Crippen molar-refractivity contribution in [2.45, 2.75) is 19.1 Å². The molecule has 0 aromatic heterocycles. The van der Waals surface area contributed by atoms with E-state index in [9.17, 15) is 4.79 Å². The van der Waals surface area contributed by atoms with Crippen LogP contribution in [0.2, 0.25) is 0 Å². The van der Waals surface area contributed by atoms with Crippen LogP contribution in [0.5, 0.6) is 0 Å². The molecule has 11 heavy (non-hydrogen) atoms. The smallest absolute Gasteiger partial charge is 0.332 e. The topological polar surface area (TPSA) is 87.0 Å². The summed E-state index contributed by atoms with van der Waals surface area (Å²) in [4.78, 5) is 10.1. The zero-order chi connectivity index (χ0) is 8.85. The number of carboxylic acids is 1. The molecule has 0 aromatic rings. The third-order valence-corrected chi connectivity index (χ3v) is 1.10. The van der Waals surface area contributed by atoms with Gasteiger partial charge in [0.1, 0.15) is 6.10 Å². The zero-order valence-corrected chi connectivity index (χ0v) is 6.23. The first-order chi connectivity index (χ1) is 5.07. The summed E-state index contributed by atoms with van der Waals surface area (Å²) in [5.41, 5.74) is 0. The van der Waals surface area contributed by atoms with Gasteiger partial charge < -0.3 is 20.1 Å². The van der Waals surface area contributed by atoms with E-state index in [0.29, 0.717) is 0 Å². The van der Waals surface area contributed by atoms with E-state index in [1.165, 1.54) is 6.92 Å². The van der Waals surface area contributed by atoms with Crippen LogP contribution in [0.4, 0.5) is 0 Å². The molecule has 0 aliphatic rings. The number of carbonyl (C=O) groups is 1. The molecular formula is C6H12O5. The molecule has 2 atom stereocenters. The molecule has 0 fully saturated rings. The second-order valence-electron chi connectivity index (χ2n) is 2.15. The number of carboxylic acid groups (broad SMARTS) is 1. The largest absolute Gasteiger partial charge is 0.479 e. The summed E-state index contributed by atoms with van der Waals surface area (Å²) in [5.74, 6) is -1.09. The van der Waals surface area contributed by atoms with Crippen molar-refractivity contribution in [3.8, 4) is 0 Å². The van der Waals surface area contributed by atoms with Crippen LogP contribution < -0.4 is 0 Å². The molecule has 0 rings (SSSR count). The van der Waals surface area contributed by atoms with Crippen molar-refractivity contribution in [2.75, 3.05) is 13.2 Å². The van der Waals surface area contributed by atoms with E-state index in [1.807, 2.05) is 0 Å². The van der Waals surface area contributed by atoms with Crippen molar-refractivity contribution in [1.82, 2.24) is 0 Å². The van der Waals surface area contributed by atoms with Crippen LogP contribution >= 0.6 is 0 Å². The van der Waals surface area contributed by atoms with E-state index in [2.05, 4.69) is 4.74 Å². The lowest BCUT2D eigenvalue weighted by molar-refractivity contribution is -0.151. The van der Waals surface area contributed by atoms with E-state index in [0.717, 1.165) is 0 Å². The van der Waals surface area contributed by atoms with Gasteiger partial charge in [-0.1, -0.05) is 0 Å². The van der Waals surface area contributed by atoms with Gasteiger partial charge in [0.05, 0.1) is 13.2 Å². The van der Waals surface area contributed by atoms with Gasteiger partial charge >= 0.3 is 5.97 Å². The van der Waals surface area contributed by atoms with Crippen LogP contribution in [-0.4, -0.2) is 46.7 Å². The molecule has 0 aliphatic carbocycles. The summed E-state index contributed by atoms with van der Waals surface area (Å²) in [5, 5.41) is 25.3. The molecular weight excluding hydrogens is 152 g/mol. The summed E-state index contributed by atoms with van der Waals surface area (Å²) in [7, 11) is 0. The predicted octanol–water partition coefficient (Wildman–Crippen LogP) is -1.17. The molecule has 0 saturated heterocycles. The van der Waals surface area contributed by atoms with Gasteiger partial charge in [-0.2, -0.15) is 0 Å². The van der Waals surface area contributed by atoms with Crippen molar-refractivity contribution >= 4 is 5.97 Å². The van der Waals surface area contributed by atoms with Crippen LogP contribution in [0, 0.1) is 0 Å². The summed E-state index contributed by atoms with van der Waals surface area (Å²) in [6.45, 7) is 0.767. The highest BCUT2D eigenvalue weighted by Crippen LogP contribution is 1.92. The first-order valence-electron chi connectivity index (χ1n) is 3.21. The predicted molar refractivity (Wildman–Crippen MR) is 36.1 cm³/mol. The molecule has 0 spiro atoms. The highest BCUT2D eigenvalue weighted by atomic mass is 16.5. The zero-order valence-electron chi connectivity index (χ0n) is 6.23. The van der Waals surface area contributed by atoms with Gasteiger partial charge in [0, 0.05) is 0 Å². The number of aliphatic hydroxyl groups is 2. The Kier molecular flexibility index (Phi) is 4.76. The Hall–Kier alpha value is -0.650. The fourth-order valence-corrected chi connectivity index (χ4v) is 0.379. The fourth-order valence-electron chi connectivity index (χ4n) is 0.379. The van der Waals surface area contributed by atoms with Gasteiger partial charge in [-0.25, -0.2) is 4.79 Å². The Morgan fingerprint density at radius 2 is 2.18 bits per heavy atom. The van der Waals surface area contributed by atoms with Crippen LogP contribution in [0.25, 0.3) is 0 Å². The van der Waals surface area contributed by atoms with E-state index in [1.54, 1.807) is 0 Å². The van der Waals surface area contributed by atoms with Gasteiger partial charge in [-0.3, -0.25) is 0 Å². The number of aliphatic carboxylic acids is 1. The fraction of sp³-hybridized carbons (Fsp3) is 0.833. The molecule has 0 saturated carbocycles. The lowest BCUT2D eigenvalue weighted by Crippen LogP contribution is -2.27. The highest BCUT2D eigenvalue weighted by Gasteiger charge is 2.12. The van der Waals surface area contributed by atoms with Gasteiger partial charge in [0.25, 0.3) is 0 Å². The minimum absolute atomic E-state index is 0.163. The van der Waals surface area contributed by atoms with Crippen LogP contribution in [0.1, 0.15) is 6.92 Å². The average molecular weight is 164 g/mol. The lowest BCUT2D eigenvalue weighted by Gasteiger charge is -2.10. The Morgan fingerprint density at radius 1 is 1.64 bits per heavy atom. The SMILES string of the molecule is C[C@@H](OCC(O)CO)C(=O)O. The molecule has 0 heterocycles. The first-order valence-corrected chi connectivity index (χ1v) is 3.21. The Balaban J connectivity index is 3.45. The Labute approximate surface area is 64.2 Å². The van der Waals surface area contributed by atoms with E-state index < -0.39 is 24.8 Å². The molecule has 1 unspecified atom stereocenters. The molecule has 0 bridgehead atoms. The number of aliphatic hydroxyl groups excluding tert-OH is 2. The summed E-state index contributed by atoms with van der Waals surface area (Å²) in [6, 6.07) is 0. The van der Waals surface area contributed by atoms with E-state index in [-0.39, 0.29) is 6.61 Å². The van der Waals surface area contributed by atoms with Gasteiger partial charge in [-0.05, 0) is 6.92 Å².